The molecule has 64 valence electrons. The molecule has 1 rings (SSSR count). The summed E-state index contributed by atoms with van der Waals surface area (Å²) in [6.07, 6.45) is 1.30. The summed E-state index contributed by atoms with van der Waals surface area (Å²) < 4.78 is 1.41. The lowest BCUT2D eigenvalue weighted by atomic mass is 10.2. The molecule has 0 spiro atoms. The second-order valence-electron chi connectivity index (χ2n) is 2.29. The molecule has 1 aromatic rings. The molecule has 0 amide bonds. The Morgan fingerprint density at radius 2 is 2.33 bits per heavy atom. The Hall–Kier alpha value is -1.72. The maximum absolute atomic E-state index is 10.6. The minimum Gasteiger partial charge on any atom is -0.475 e. The molecule has 0 atom stereocenters. The molecule has 0 saturated carbocycles. The normalized spacial score (nSPS) is 9.75. The van der Waals surface area contributed by atoms with E-state index < -0.39 is 11.8 Å². The van der Waals surface area contributed by atoms with Crippen molar-refractivity contribution in [1.82, 2.24) is 15.0 Å². The van der Waals surface area contributed by atoms with Crippen LogP contribution in [0.1, 0.15) is 5.69 Å². The Bertz CT molecular complexity index is 318. The van der Waals surface area contributed by atoms with Gasteiger partial charge in [0.15, 0.2) is 0 Å². The van der Waals surface area contributed by atoms with Crippen molar-refractivity contribution in [2.75, 3.05) is 0 Å². The first-order chi connectivity index (χ1) is 5.59. The summed E-state index contributed by atoms with van der Waals surface area (Å²) in [6, 6.07) is 0. The molecule has 1 N–H and O–H groups in total. The molecular formula is C6H7N3O3. The molecule has 0 aromatic carbocycles. The molecule has 0 aliphatic heterocycles. The van der Waals surface area contributed by atoms with Gasteiger partial charge in [-0.25, -0.2) is 4.79 Å². The van der Waals surface area contributed by atoms with Gasteiger partial charge >= 0.3 is 5.97 Å². The van der Waals surface area contributed by atoms with Crippen molar-refractivity contribution in [2.45, 2.75) is 6.42 Å². The maximum Gasteiger partial charge on any atom is 0.372 e. The zero-order valence-corrected chi connectivity index (χ0v) is 6.39. The van der Waals surface area contributed by atoms with Crippen LogP contribution in [-0.2, 0) is 23.1 Å². The molecule has 0 radical (unpaired) electrons. The van der Waals surface area contributed by atoms with Crippen molar-refractivity contribution < 1.29 is 14.7 Å². The van der Waals surface area contributed by atoms with Crippen LogP contribution in [-0.4, -0.2) is 31.9 Å². The van der Waals surface area contributed by atoms with E-state index in [0.29, 0.717) is 5.69 Å². The number of nitrogens with zero attached hydrogens (tertiary/aromatic N) is 3. The van der Waals surface area contributed by atoms with Gasteiger partial charge in [0.1, 0.15) is 0 Å². The van der Waals surface area contributed by atoms with Crippen molar-refractivity contribution in [1.29, 1.82) is 0 Å². The second-order valence-corrected chi connectivity index (χ2v) is 2.29. The smallest absolute Gasteiger partial charge is 0.372 e. The van der Waals surface area contributed by atoms with Gasteiger partial charge in [-0.15, -0.1) is 5.10 Å². The molecule has 1 aromatic heterocycles. The standard InChI is InChI=1S/C6H7N3O3/c1-9-3-4(7-8-9)2-5(10)6(11)12/h3H,2H2,1H3,(H,11,12). The lowest BCUT2D eigenvalue weighted by Gasteiger charge is -1.87. The van der Waals surface area contributed by atoms with E-state index in [1.54, 1.807) is 7.05 Å². The third-order valence-corrected chi connectivity index (χ3v) is 1.23. The van der Waals surface area contributed by atoms with Gasteiger partial charge in [-0.2, -0.15) is 0 Å². The van der Waals surface area contributed by atoms with Crippen molar-refractivity contribution >= 4 is 11.8 Å². The molecule has 12 heavy (non-hydrogen) atoms. The van der Waals surface area contributed by atoms with Gasteiger partial charge in [0.25, 0.3) is 0 Å². The zero-order valence-electron chi connectivity index (χ0n) is 6.39. The highest BCUT2D eigenvalue weighted by atomic mass is 16.4. The Labute approximate surface area is 67.8 Å². The Morgan fingerprint density at radius 3 is 2.75 bits per heavy atom. The van der Waals surface area contributed by atoms with Gasteiger partial charge in [0, 0.05) is 13.2 Å². The number of carbonyl (C=O) groups excluding carboxylic acids is 1. The van der Waals surface area contributed by atoms with Crippen molar-refractivity contribution in [3.05, 3.63) is 11.9 Å². The monoisotopic (exact) mass is 169 g/mol. The molecule has 0 aliphatic carbocycles. The average Bonchev–Trinajstić information content (AvgIpc) is 2.35. The van der Waals surface area contributed by atoms with Crippen LogP contribution in [0.25, 0.3) is 0 Å². The van der Waals surface area contributed by atoms with Gasteiger partial charge in [0.2, 0.25) is 5.78 Å². The van der Waals surface area contributed by atoms with Crippen LogP contribution in [0.2, 0.25) is 0 Å². The predicted molar refractivity (Wildman–Crippen MR) is 37.3 cm³/mol. The maximum atomic E-state index is 10.6. The Kier molecular flexibility index (Phi) is 2.18. The van der Waals surface area contributed by atoms with Crippen LogP contribution >= 0.6 is 0 Å². The molecule has 6 heteroatoms. The highest BCUT2D eigenvalue weighted by Crippen LogP contribution is 1.93. The van der Waals surface area contributed by atoms with E-state index in [-0.39, 0.29) is 6.42 Å². The summed E-state index contributed by atoms with van der Waals surface area (Å²) in [5, 5.41) is 15.4. The molecule has 0 aliphatic rings. The first-order valence-electron chi connectivity index (χ1n) is 3.21. The van der Waals surface area contributed by atoms with Gasteiger partial charge in [0.05, 0.1) is 12.1 Å². The highest BCUT2D eigenvalue weighted by Gasteiger charge is 2.13. The van der Waals surface area contributed by atoms with Crippen LogP contribution in [0.5, 0.6) is 0 Å². The van der Waals surface area contributed by atoms with E-state index in [9.17, 15) is 9.59 Å². The lowest BCUT2D eigenvalue weighted by Crippen LogP contribution is -2.15. The van der Waals surface area contributed by atoms with Crippen molar-refractivity contribution in [3.8, 4) is 0 Å². The molecule has 6 nitrogen and oxygen atoms in total. The third kappa shape index (κ3) is 1.88. The van der Waals surface area contributed by atoms with E-state index in [1.807, 2.05) is 0 Å². The van der Waals surface area contributed by atoms with Crippen LogP contribution < -0.4 is 0 Å². The molecule has 1 heterocycles. The zero-order chi connectivity index (χ0) is 9.14. The number of carbonyl (C=O) groups is 2. The topological polar surface area (TPSA) is 85.1 Å². The van der Waals surface area contributed by atoms with Crippen LogP contribution in [0.4, 0.5) is 0 Å². The summed E-state index contributed by atoms with van der Waals surface area (Å²) >= 11 is 0. The minimum absolute atomic E-state index is 0.205. The van der Waals surface area contributed by atoms with Gasteiger partial charge in [-0.1, -0.05) is 5.21 Å². The van der Waals surface area contributed by atoms with Gasteiger partial charge < -0.3 is 5.11 Å². The fourth-order valence-electron chi connectivity index (χ4n) is 0.716. The number of hydrogen-bond donors (Lipinski definition) is 1. The Balaban J connectivity index is 2.64. The summed E-state index contributed by atoms with van der Waals surface area (Å²) in [5.41, 5.74) is 0.366. The van der Waals surface area contributed by atoms with E-state index in [0.717, 1.165) is 0 Å². The summed E-state index contributed by atoms with van der Waals surface area (Å²) in [5.74, 6) is -2.32. The van der Waals surface area contributed by atoms with E-state index in [1.165, 1.54) is 10.9 Å². The number of Topliss-reactive ketones (excluding diaryl/α,β-unsaturated/α-hetero) is 1. The molecule has 0 saturated heterocycles. The quantitative estimate of drug-likeness (QED) is 0.587. The first-order valence-corrected chi connectivity index (χ1v) is 3.21. The average molecular weight is 169 g/mol. The van der Waals surface area contributed by atoms with Gasteiger partial charge in [-0.3, -0.25) is 9.48 Å². The molecule has 0 fully saturated rings. The predicted octanol–water partition coefficient (Wildman–Crippen LogP) is -0.989. The van der Waals surface area contributed by atoms with Crippen molar-refractivity contribution in [2.24, 2.45) is 7.05 Å². The summed E-state index contributed by atoms with van der Waals surface area (Å²) in [4.78, 5) is 20.8. The van der Waals surface area contributed by atoms with E-state index >= 15 is 0 Å². The number of carboxylic acid groups (broad SMARTS) is 1. The molecule has 0 bridgehead atoms. The number of rotatable bonds is 3. The Morgan fingerprint density at radius 1 is 1.67 bits per heavy atom. The fourth-order valence-corrected chi connectivity index (χ4v) is 0.716. The summed E-state index contributed by atoms with van der Waals surface area (Å²) in [7, 11) is 1.64. The van der Waals surface area contributed by atoms with Crippen LogP contribution in [0, 0.1) is 0 Å². The number of aromatic nitrogens is 3. The third-order valence-electron chi connectivity index (χ3n) is 1.23. The lowest BCUT2D eigenvalue weighted by molar-refractivity contribution is -0.148. The van der Waals surface area contributed by atoms with E-state index in [2.05, 4.69) is 10.3 Å². The fraction of sp³-hybridized carbons (Fsp3) is 0.333. The summed E-state index contributed by atoms with van der Waals surface area (Å²) in [6.45, 7) is 0. The number of aryl methyl sites for hydroxylation is 1. The minimum atomic E-state index is -1.44. The van der Waals surface area contributed by atoms with E-state index in [4.69, 9.17) is 5.11 Å². The van der Waals surface area contributed by atoms with Crippen molar-refractivity contribution in [3.63, 3.8) is 0 Å². The second kappa shape index (κ2) is 3.12. The number of carboxylic acids is 1. The number of hydrogen-bond acceptors (Lipinski definition) is 4. The first kappa shape index (κ1) is 8.38. The van der Waals surface area contributed by atoms with Crippen LogP contribution in [0.15, 0.2) is 6.20 Å². The molecule has 0 unspecified atom stereocenters. The van der Waals surface area contributed by atoms with Crippen LogP contribution in [0.3, 0.4) is 0 Å². The van der Waals surface area contributed by atoms with Gasteiger partial charge in [-0.05, 0) is 0 Å². The SMILES string of the molecule is Cn1cc(CC(=O)C(=O)O)nn1. The number of ketones is 1. The highest BCUT2D eigenvalue weighted by molar-refractivity contribution is 6.33. The largest absolute Gasteiger partial charge is 0.475 e. The number of aliphatic carboxylic acids is 1. The molecular weight excluding hydrogens is 162 g/mol.